The molecule has 2 aromatic carbocycles. The number of likely N-dealkylation sites (tertiary alicyclic amines) is 1. The lowest BCUT2D eigenvalue weighted by Gasteiger charge is -2.26. The third-order valence-electron chi connectivity index (χ3n) is 4.77. The number of carbonyl (C=O) groups excluding carboxylic acids is 1. The molecular formula is C20H21BrN2O3. The number of rotatable bonds is 4. The van der Waals surface area contributed by atoms with Crippen molar-refractivity contribution in [3.05, 3.63) is 52.5 Å². The summed E-state index contributed by atoms with van der Waals surface area (Å²) >= 11 is 3.43. The number of benzene rings is 2. The molecule has 26 heavy (non-hydrogen) atoms. The molecule has 136 valence electrons. The van der Waals surface area contributed by atoms with E-state index in [0.717, 1.165) is 41.0 Å². The standard InChI is InChI=1S/C20H21BrN2O3/c21-15-3-1-4-16(12-15)22-20(24)13-23-8-2-5-17(23)14-6-7-18-19(11-14)26-10-9-25-18/h1,3-4,6-7,11-12,17H,2,5,8-10,13H2,(H,22,24)/t17-/m1/s1. The molecule has 0 bridgehead atoms. The minimum absolute atomic E-state index is 0.00698. The number of hydrogen-bond acceptors (Lipinski definition) is 4. The Morgan fingerprint density at radius 2 is 2.00 bits per heavy atom. The molecular weight excluding hydrogens is 396 g/mol. The molecule has 2 heterocycles. The molecule has 0 aromatic heterocycles. The first-order chi connectivity index (χ1) is 12.7. The van der Waals surface area contributed by atoms with Crippen LogP contribution in [0.1, 0.15) is 24.4 Å². The van der Waals surface area contributed by atoms with Crippen LogP contribution in [0.15, 0.2) is 46.9 Å². The van der Waals surface area contributed by atoms with E-state index in [1.165, 1.54) is 5.56 Å². The van der Waals surface area contributed by atoms with Gasteiger partial charge in [-0.05, 0) is 55.3 Å². The summed E-state index contributed by atoms with van der Waals surface area (Å²) in [5.74, 6) is 1.61. The first-order valence-corrected chi connectivity index (χ1v) is 9.67. The van der Waals surface area contributed by atoms with Crippen LogP contribution in [0.5, 0.6) is 11.5 Å². The van der Waals surface area contributed by atoms with Gasteiger partial charge in [0, 0.05) is 16.2 Å². The lowest BCUT2D eigenvalue weighted by molar-refractivity contribution is -0.117. The van der Waals surface area contributed by atoms with Crippen LogP contribution >= 0.6 is 15.9 Å². The lowest BCUT2D eigenvalue weighted by atomic mass is 10.0. The molecule has 1 saturated heterocycles. The van der Waals surface area contributed by atoms with E-state index in [1.54, 1.807) is 0 Å². The van der Waals surface area contributed by atoms with Gasteiger partial charge in [-0.2, -0.15) is 0 Å². The Balaban J connectivity index is 1.44. The van der Waals surface area contributed by atoms with Gasteiger partial charge >= 0.3 is 0 Å². The summed E-state index contributed by atoms with van der Waals surface area (Å²) in [6.07, 6.45) is 2.13. The number of nitrogens with zero attached hydrogens (tertiary/aromatic N) is 1. The summed E-state index contributed by atoms with van der Waals surface area (Å²) in [6, 6.07) is 14.0. The third-order valence-corrected chi connectivity index (χ3v) is 5.26. The highest BCUT2D eigenvalue weighted by atomic mass is 79.9. The van der Waals surface area contributed by atoms with Crippen molar-refractivity contribution in [3.63, 3.8) is 0 Å². The Morgan fingerprint density at radius 1 is 1.15 bits per heavy atom. The molecule has 4 rings (SSSR count). The molecule has 1 N–H and O–H groups in total. The van der Waals surface area contributed by atoms with Crippen LogP contribution in [0.4, 0.5) is 5.69 Å². The van der Waals surface area contributed by atoms with Gasteiger partial charge in [0.05, 0.1) is 6.54 Å². The number of halogens is 1. The Kier molecular flexibility index (Phi) is 5.13. The summed E-state index contributed by atoms with van der Waals surface area (Å²) < 4.78 is 12.3. The lowest BCUT2D eigenvalue weighted by Crippen LogP contribution is -2.33. The van der Waals surface area contributed by atoms with Crippen LogP contribution in [0.2, 0.25) is 0 Å². The normalized spacial score (nSPS) is 19.3. The SMILES string of the molecule is O=C(CN1CCC[C@@H]1c1ccc2c(c1)OCCO2)Nc1cccc(Br)c1. The highest BCUT2D eigenvalue weighted by Gasteiger charge is 2.28. The van der Waals surface area contributed by atoms with Gasteiger partial charge in [-0.3, -0.25) is 9.69 Å². The van der Waals surface area contributed by atoms with Crippen molar-refractivity contribution < 1.29 is 14.3 Å². The maximum Gasteiger partial charge on any atom is 0.238 e. The Bertz CT molecular complexity index is 811. The van der Waals surface area contributed by atoms with Crippen LogP contribution in [-0.2, 0) is 4.79 Å². The molecule has 1 amide bonds. The first-order valence-electron chi connectivity index (χ1n) is 8.88. The van der Waals surface area contributed by atoms with Gasteiger partial charge in [0.1, 0.15) is 13.2 Å². The molecule has 2 aliphatic heterocycles. The molecule has 5 nitrogen and oxygen atoms in total. The Morgan fingerprint density at radius 3 is 2.85 bits per heavy atom. The van der Waals surface area contributed by atoms with Crippen molar-refractivity contribution in [1.82, 2.24) is 4.90 Å². The highest BCUT2D eigenvalue weighted by Crippen LogP contribution is 2.37. The second-order valence-corrected chi connectivity index (χ2v) is 7.51. The van der Waals surface area contributed by atoms with E-state index in [0.29, 0.717) is 19.8 Å². The van der Waals surface area contributed by atoms with Crippen LogP contribution in [-0.4, -0.2) is 37.1 Å². The summed E-state index contributed by atoms with van der Waals surface area (Å²) in [5.41, 5.74) is 1.99. The second-order valence-electron chi connectivity index (χ2n) is 6.59. The maximum atomic E-state index is 12.5. The van der Waals surface area contributed by atoms with Gasteiger partial charge in [-0.25, -0.2) is 0 Å². The fourth-order valence-corrected chi connectivity index (χ4v) is 4.01. The topological polar surface area (TPSA) is 50.8 Å². The fourth-order valence-electron chi connectivity index (χ4n) is 3.61. The molecule has 0 unspecified atom stereocenters. The Hall–Kier alpha value is -2.05. The van der Waals surface area contributed by atoms with E-state index in [1.807, 2.05) is 30.3 Å². The number of fused-ring (bicyclic) bond motifs is 1. The molecule has 1 atom stereocenters. The fraction of sp³-hybridized carbons (Fsp3) is 0.350. The van der Waals surface area contributed by atoms with E-state index in [2.05, 4.69) is 38.3 Å². The van der Waals surface area contributed by atoms with Crippen LogP contribution in [0, 0.1) is 0 Å². The zero-order valence-corrected chi connectivity index (χ0v) is 16.0. The zero-order chi connectivity index (χ0) is 17.9. The molecule has 2 aliphatic rings. The molecule has 1 fully saturated rings. The van der Waals surface area contributed by atoms with Gasteiger partial charge in [0.2, 0.25) is 5.91 Å². The summed E-state index contributed by atoms with van der Waals surface area (Å²) in [7, 11) is 0. The maximum absolute atomic E-state index is 12.5. The predicted octanol–water partition coefficient (Wildman–Crippen LogP) is 4.00. The average Bonchev–Trinajstić information content (AvgIpc) is 3.09. The summed E-state index contributed by atoms with van der Waals surface area (Å²) in [6.45, 7) is 2.48. The van der Waals surface area contributed by atoms with Crippen molar-refractivity contribution in [1.29, 1.82) is 0 Å². The number of ether oxygens (including phenoxy) is 2. The number of hydrogen-bond donors (Lipinski definition) is 1. The van der Waals surface area contributed by atoms with Crippen LogP contribution < -0.4 is 14.8 Å². The predicted molar refractivity (Wildman–Crippen MR) is 104 cm³/mol. The smallest absolute Gasteiger partial charge is 0.238 e. The van der Waals surface area contributed by atoms with Crippen molar-refractivity contribution >= 4 is 27.5 Å². The van der Waals surface area contributed by atoms with Crippen molar-refractivity contribution in [2.45, 2.75) is 18.9 Å². The number of amides is 1. The molecule has 2 aromatic rings. The van der Waals surface area contributed by atoms with Crippen LogP contribution in [0.3, 0.4) is 0 Å². The molecule has 0 saturated carbocycles. The quantitative estimate of drug-likeness (QED) is 0.818. The van der Waals surface area contributed by atoms with E-state index < -0.39 is 0 Å². The van der Waals surface area contributed by atoms with E-state index in [-0.39, 0.29) is 11.9 Å². The van der Waals surface area contributed by atoms with Gasteiger partial charge in [-0.1, -0.05) is 28.1 Å². The zero-order valence-electron chi connectivity index (χ0n) is 14.4. The molecule has 0 spiro atoms. The van der Waals surface area contributed by atoms with Crippen molar-refractivity contribution in [2.24, 2.45) is 0 Å². The van der Waals surface area contributed by atoms with E-state index in [9.17, 15) is 4.79 Å². The van der Waals surface area contributed by atoms with E-state index in [4.69, 9.17) is 9.47 Å². The van der Waals surface area contributed by atoms with Gasteiger partial charge < -0.3 is 14.8 Å². The van der Waals surface area contributed by atoms with E-state index >= 15 is 0 Å². The second kappa shape index (κ2) is 7.68. The molecule has 0 radical (unpaired) electrons. The highest BCUT2D eigenvalue weighted by molar-refractivity contribution is 9.10. The third kappa shape index (κ3) is 3.86. The summed E-state index contributed by atoms with van der Waals surface area (Å²) in [4.78, 5) is 14.7. The largest absolute Gasteiger partial charge is 0.486 e. The van der Waals surface area contributed by atoms with Crippen molar-refractivity contribution in [3.8, 4) is 11.5 Å². The number of nitrogens with one attached hydrogen (secondary N) is 1. The number of carbonyl (C=O) groups is 1. The monoisotopic (exact) mass is 416 g/mol. The number of anilines is 1. The minimum Gasteiger partial charge on any atom is -0.486 e. The van der Waals surface area contributed by atoms with Gasteiger partial charge in [0.25, 0.3) is 0 Å². The molecule has 0 aliphatic carbocycles. The minimum atomic E-state index is 0.00698. The molecule has 6 heteroatoms. The van der Waals surface area contributed by atoms with Crippen LogP contribution in [0.25, 0.3) is 0 Å². The summed E-state index contributed by atoms with van der Waals surface area (Å²) in [5, 5.41) is 2.98. The van der Waals surface area contributed by atoms with Gasteiger partial charge in [-0.15, -0.1) is 0 Å². The van der Waals surface area contributed by atoms with Crippen molar-refractivity contribution in [2.75, 3.05) is 31.6 Å². The van der Waals surface area contributed by atoms with Gasteiger partial charge in [0.15, 0.2) is 11.5 Å². The first kappa shape index (κ1) is 17.4. The average molecular weight is 417 g/mol. The Labute approximate surface area is 161 Å².